The van der Waals surface area contributed by atoms with E-state index in [4.69, 9.17) is 4.74 Å². The average Bonchev–Trinajstić information content (AvgIpc) is 2.45. The maximum absolute atomic E-state index is 5.15. The first-order chi connectivity index (χ1) is 9.24. The van der Waals surface area contributed by atoms with Gasteiger partial charge in [0.05, 0.1) is 7.11 Å². The van der Waals surface area contributed by atoms with Gasteiger partial charge in [0.1, 0.15) is 6.33 Å². The number of rotatable bonds is 9. The highest BCUT2D eigenvalue weighted by atomic mass is 16.5. The number of aromatic nitrogens is 2. The molecule has 0 bridgehead atoms. The first kappa shape index (κ1) is 15.9. The standard InChI is InChI=1S/C15H27N3O/c1-5-7-12(8-6-2)14(16-3)9-13-10-15(19-4)18-11-17-13/h10-12,14,16H,5-9H2,1-4H3. The molecule has 1 rings (SSSR count). The second kappa shape index (κ2) is 8.86. The smallest absolute Gasteiger partial charge is 0.216 e. The predicted octanol–water partition coefficient (Wildman–Crippen LogP) is 2.83. The highest BCUT2D eigenvalue weighted by molar-refractivity contribution is 5.14. The van der Waals surface area contributed by atoms with Crippen molar-refractivity contribution < 1.29 is 4.74 Å². The highest BCUT2D eigenvalue weighted by Gasteiger charge is 2.19. The molecular weight excluding hydrogens is 238 g/mol. The lowest BCUT2D eigenvalue weighted by molar-refractivity contribution is 0.320. The SMILES string of the molecule is CCCC(CCC)C(Cc1cc(OC)ncn1)NC. The Labute approximate surface area is 117 Å². The Kier molecular flexibility index (Phi) is 7.41. The molecule has 0 amide bonds. The minimum Gasteiger partial charge on any atom is -0.481 e. The van der Waals surface area contributed by atoms with E-state index in [0.29, 0.717) is 17.8 Å². The maximum atomic E-state index is 5.15. The van der Waals surface area contributed by atoms with Crippen LogP contribution in [-0.2, 0) is 6.42 Å². The monoisotopic (exact) mass is 265 g/mol. The number of nitrogens with zero attached hydrogens (tertiary/aromatic N) is 2. The molecule has 1 heterocycles. The molecule has 0 spiro atoms. The third-order valence-corrected chi connectivity index (χ3v) is 3.60. The van der Waals surface area contributed by atoms with Crippen LogP contribution >= 0.6 is 0 Å². The molecule has 108 valence electrons. The largest absolute Gasteiger partial charge is 0.481 e. The molecule has 1 unspecified atom stereocenters. The molecule has 0 aliphatic carbocycles. The Morgan fingerprint density at radius 1 is 1.21 bits per heavy atom. The molecule has 1 N–H and O–H groups in total. The van der Waals surface area contributed by atoms with Crippen LogP contribution in [0.5, 0.6) is 5.88 Å². The molecule has 0 saturated heterocycles. The molecule has 1 aromatic rings. The van der Waals surface area contributed by atoms with Crippen molar-refractivity contribution in [3.05, 3.63) is 18.1 Å². The molecular formula is C15H27N3O. The Morgan fingerprint density at radius 2 is 1.89 bits per heavy atom. The van der Waals surface area contributed by atoms with Crippen LogP contribution in [0.15, 0.2) is 12.4 Å². The molecule has 0 fully saturated rings. The van der Waals surface area contributed by atoms with Gasteiger partial charge in [-0.25, -0.2) is 9.97 Å². The van der Waals surface area contributed by atoms with E-state index >= 15 is 0 Å². The summed E-state index contributed by atoms with van der Waals surface area (Å²) in [6.45, 7) is 4.51. The molecule has 4 heteroatoms. The molecule has 0 aromatic carbocycles. The fourth-order valence-corrected chi connectivity index (χ4v) is 2.62. The van der Waals surface area contributed by atoms with Crippen molar-refractivity contribution in [3.63, 3.8) is 0 Å². The van der Waals surface area contributed by atoms with Gasteiger partial charge in [0.25, 0.3) is 0 Å². The van der Waals surface area contributed by atoms with E-state index in [1.807, 2.05) is 13.1 Å². The highest BCUT2D eigenvalue weighted by Crippen LogP contribution is 2.21. The lowest BCUT2D eigenvalue weighted by atomic mass is 9.88. The molecule has 4 nitrogen and oxygen atoms in total. The molecule has 0 aliphatic heterocycles. The first-order valence-corrected chi connectivity index (χ1v) is 7.27. The van der Waals surface area contributed by atoms with Crippen LogP contribution in [0.4, 0.5) is 0 Å². The summed E-state index contributed by atoms with van der Waals surface area (Å²) in [5.41, 5.74) is 1.04. The lowest BCUT2D eigenvalue weighted by Gasteiger charge is -2.26. The average molecular weight is 265 g/mol. The van der Waals surface area contributed by atoms with E-state index in [1.165, 1.54) is 25.7 Å². The predicted molar refractivity (Wildman–Crippen MR) is 78.4 cm³/mol. The van der Waals surface area contributed by atoms with Crippen molar-refractivity contribution in [1.82, 2.24) is 15.3 Å². The van der Waals surface area contributed by atoms with Crippen molar-refractivity contribution in [2.24, 2.45) is 5.92 Å². The first-order valence-electron chi connectivity index (χ1n) is 7.27. The van der Waals surface area contributed by atoms with Crippen LogP contribution in [0.1, 0.15) is 45.2 Å². The molecule has 0 radical (unpaired) electrons. The Hall–Kier alpha value is -1.16. The summed E-state index contributed by atoms with van der Waals surface area (Å²) in [7, 11) is 3.68. The van der Waals surface area contributed by atoms with Crippen molar-refractivity contribution in [1.29, 1.82) is 0 Å². The van der Waals surface area contributed by atoms with Crippen LogP contribution in [0.3, 0.4) is 0 Å². The van der Waals surface area contributed by atoms with Crippen molar-refractivity contribution in [2.45, 2.75) is 52.0 Å². The van der Waals surface area contributed by atoms with Crippen LogP contribution in [0.2, 0.25) is 0 Å². The number of hydrogen-bond acceptors (Lipinski definition) is 4. The number of hydrogen-bond donors (Lipinski definition) is 1. The number of likely N-dealkylation sites (N-methyl/N-ethyl adjacent to an activating group) is 1. The zero-order valence-corrected chi connectivity index (χ0v) is 12.6. The summed E-state index contributed by atoms with van der Waals surface area (Å²) in [5, 5.41) is 3.46. The van der Waals surface area contributed by atoms with Gasteiger partial charge in [0, 0.05) is 24.2 Å². The molecule has 1 aromatic heterocycles. The van der Waals surface area contributed by atoms with E-state index in [2.05, 4.69) is 29.1 Å². The lowest BCUT2D eigenvalue weighted by Crippen LogP contribution is -2.36. The van der Waals surface area contributed by atoms with Crippen LogP contribution < -0.4 is 10.1 Å². The molecule has 1 atom stereocenters. The van der Waals surface area contributed by atoms with Gasteiger partial charge in [-0.2, -0.15) is 0 Å². The van der Waals surface area contributed by atoms with Crippen molar-refractivity contribution >= 4 is 0 Å². The van der Waals surface area contributed by atoms with Gasteiger partial charge in [-0.05, 0) is 25.8 Å². The Balaban J connectivity index is 2.72. The zero-order valence-electron chi connectivity index (χ0n) is 12.6. The third kappa shape index (κ3) is 5.15. The second-order valence-electron chi connectivity index (χ2n) is 4.99. The van der Waals surface area contributed by atoms with Gasteiger partial charge < -0.3 is 10.1 Å². The normalized spacial score (nSPS) is 12.7. The summed E-state index contributed by atoms with van der Waals surface area (Å²) < 4.78 is 5.15. The number of ether oxygens (including phenoxy) is 1. The van der Waals surface area contributed by atoms with Gasteiger partial charge in [-0.1, -0.05) is 26.7 Å². The van der Waals surface area contributed by atoms with Gasteiger partial charge in [0.2, 0.25) is 5.88 Å². The van der Waals surface area contributed by atoms with Crippen LogP contribution in [-0.4, -0.2) is 30.2 Å². The summed E-state index contributed by atoms with van der Waals surface area (Å²) in [5.74, 6) is 1.35. The molecule has 0 saturated carbocycles. The minimum atomic E-state index is 0.472. The van der Waals surface area contributed by atoms with E-state index in [-0.39, 0.29) is 0 Å². The maximum Gasteiger partial charge on any atom is 0.216 e. The topological polar surface area (TPSA) is 47.0 Å². The molecule has 19 heavy (non-hydrogen) atoms. The number of methoxy groups -OCH3 is 1. The van der Waals surface area contributed by atoms with E-state index < -0.39 is 0 Å². The fourth-order valence-electron chi connectivity index (χ4n) is 2.62. The Bertz CT molecular complexity index is 351. The van der Waals surface area contributed by atoms with Crippen molar-refractivity contribution in [2.75, 3.05) is 14.2 Å². The summed E-state index contributed by atoms with van der Waals surface area (Å²) in [6.07, 6.45) is 7.50. The molecule has 0 aliphatic rings. The van der Waals surface area contributed by atoms with E-state index in [1.54, 1.807) is 13.4 Å². The summed E-state index contributed by atoms with van der Waals surface area (Å²) in [6, 6.07) is 2.40. The summed E-state index contributed by atoms with van der Waals surface area (Å²) in [4.78, 5) is 8.40. The Morgan fingerprint density at radius 3 is 2.42 bits per heavy atom. The van der Waals surface area contributed by atoms with Crippen molar-refractivity contribution in [3.8, 4) is 5.88 Å². The van der Waals surface area contributed by atoms with Gasteiger partial charge in [-0.3, -0.25) is 0 Å². The number of nitrogens with one attached hydrogen (secondary N) is 1. The second-order valence-corrected chi connectivity index (χ2v) is 4.99. The quantitative estimate of drug-likeness (QED) is 0.746. The van der Waals surface area contributed by atoms with Gasteiger partial charge in [0.15, 0.2) is 0 Å². The van der Waals surface area contributed by atoms with E-state index in [9.17, 15) is 0 Å². The zero-order chi connectivity index (χ0) is 14.1. The minimum absolute atomic E-state index is 0.472. The van der Waals surface area contributed by atoms with Gasteiger partial charge in [-0.15, -0.1) is 0 Å². The third-order valence-electron chi connectivity index (χ3n) is 3.60. The van der Waals surface area contributed by atoms with Gasteiger partial charge >= 0.3 is 0 Å². The van der Waals surface area contributed by atoms with Crippen LogP contribution in [0.25, 0.3) is 0 Å². The summed E-state index contributed by atoms with van der Waals surface area (Å²) >= 11 is 0. The van der Waals surface area contributed by atoms with E-state index in [0.717, 1.165) is 12.1 Å². The van der Waals surface area contributed by atoms with Crippen LogP contribution in [0, 0.1) is 5.92 Å². The fraction of sp³-hybridized carbons (Fsp3) is 0.733.